The summed E-state index contributed by atoms with van der Waals surface area (Å²) in [6.45, 7) is 4.18. The Morgan fingerprint density at radius 2 is 1.63 bits per heavy atom. The van der Waals surface area contributed by atoms with E-state index in [1.54, 1.807) is 51.1 Å². The highest BCUT2D eigenvalue weighted by Gasteiger charge is 2.38. The highest BCUT2D eigenvalue weighted by atomic mass is 19.4. The second kappa shape index (κ2) is 10.5. The summed E-state index contributed by atoms with van der Waals surface area (Å²) < 4.78 is 70.9. The predicted octanol–water partition coefficient (Wildman–Crippen LogP) is 7.46. The van der Waals surface area contributed by atoms with Gasteiger partial charge in [-0.3, -0.25) is 4.79 Å². The van der Waals surface area contributed by atoms with E-state index in [4.69, 9.17) is 9.47 Å². The topological polar surface area (TPSA) is 61.8 Å². The molecule has 0 bridgehead atoms. The molecule has 38 heavy (non-hydrogen) atoms. The van der Waals surface area contributed by atoms with Crippen molar-refractivity contribution >= 4 is 12.4 Å². The fourth-order valence-corrected chi connectivity index (χ4v) is 4.03. The van der Waals surface area contributed by atoms with Gasteiger partial charge in [0.05, 0.1) is 5.56 Å². The Labute approximate surface area is 217 Å². The van der Waals surface area contributed by atoms with Crippen molar-refractivity contribution in [3.8, 4) is 22.6 Å². The zero-order chi connectivity index (χ0) is 27.7. The van der Waals surface area contributed by atoms with Crippen molar-refractivity contribution in [3.63, 3.8) is 0 Å². The van der Waals surface area contributed by atoms with Crippen LogP contribution in [0, 0.1) is 5.82 Å². The minimum Gasteiger partial charge on any atom is -0.489 e. The molecule has 9 heteroatoms. The molecule has 200 valence electrons. The molecule has 1 fully saturated rings. The summed E-state index contributed by atoms with van der Waals surface area (Å²) in [4.78, 5) is 23.9. The zero-order valence-corrected chi connectivity index (χ0v) is 21.0. The molecule has 1 aliphatic carbocycles. The Bertz CT molecular complexity index is 1340. The van der Waals surface area contributed by atoms with Crippen LogP contribution in [-0.2, 0) is 22.3 Å². The minimum absolute atomic E-state index is 0.0333. The number of esters is 1. The first-order valence-corrected chi connectivity index (χ1v) is 12.0. The Balaban J connectivity index is 1.59. The summed E-state index contributed by atoms with van der Waals surface area (Å²) in [6.07, 6.45) is -2.89. The van der Waals surface area contributed by atoms with Gasteiger partial charge in [-0.05, 0) is 80.5 Å². The van der Waals surface area contributed by atoms with E-state index in [-0.39, 0.29) is 24.5 Å². The van der Waals surface area contributed by atoms with E-state index in [9.17, 15) is 27.2 Å². The number of rotatable bonds is 8. The fraction of sp³-hybridized carbons (Fsp3) is 0.310. The molecule has 0 radical (unpaired) electrons. The van der Waals surface area contributed by atoms with Crippen molar-refractivity contribution in [1.29, 1.82) is 0 Å². The van der Waals surface area contributed by atoms with E-state index >= 15 is 0 Å². The van der Waals surface area contributed by atoms with Gasteiger partial charge in [0.25, 0.3) is 6.47 Å². The van der Waals surface area contributed by atoms with Gasteiger partial charge in [-0.2, -0.15) is 13.2 Å². The molecule has 0 heterocycles. The molecule has 3 aromatic rings. The fourth-order valence-electron chi connectivity index (χ4n) is 4.03. The number of carbonyl (C=O) groups excluding carboxylic acids is 2. The number of benzene rings is 3. The maximum absolute atomic E-state index is 14.4. The lowest BCUT2D eigenvalue weighted by Crippen LogP contribution is -2.26. The van der Waals surface area contributed by atoms with E-state index in [0.29, 0.717) is 23.3 Å². The average molecular weight is 531 g/mol. The standard InChI is InChI=1S/C29H26F4O5/c1-28(2,3)38-27(35)25-20(9-13-23(29(31,32)33)26(25)37-16-34)15-36-21-10-6-17(7-11-21)19-8-12-22(18-4-5-18)24(30)14-19/h6-14,16,18H,4-5,15H2,1-3H3. The lowest BCUT2D eigenvalue weighted by molar-refractivity contribution is -0.139. The third-order valence-corrected chi connectivity index (χ3v) is 5.92. The summed E-state index contributed by atoms with van der Waals surface area (Å²) in [7, 11) is 0. The molecule has 1 aliphatic rings. The van der Waals surface area contributed by atoms with Crippen molar-refractivity contribution in [2.45, 2.75) is 57.9 Å². The van der Waals surface area contributed by atoms with Crippen molar-refractivity contribution < 1.29 is 41.4 Å². The molecular formula is C29H26F4O5. The van der Waals surface area contributed by atoms with Crippen LogP contribution in [0.25, 0.3) is 11.1 Å². The van der Waals surface area contributed by atoms with Gasteiger partial charge < -0.3 is 14.2 Å². The van der Waals surface area contributed by atoms with Gasteiger partial charge in [-0.25, -0.2) is 9.18 Å². The van der Waals surface area contributed by atoms with E-state index in [2.05, 4.69) is 4.74 Å². The van der Waals surface area contributed by atoms with E-state index in [0.717, 1.165) is 30.0 Å². The monoisotopic (exact) mass is 530 g/mol. The van der Waals surface area contributed by atoms with Crippen LogP contribution < -0.4 is 9.47 Å². The maximum atomic E-state index is 14.4. The zero-order valence-electron chi connectivity index (χ0n) is 21.0. The van der Waals surface area contributed by atoms with Gasteiger partial charge in [-0.1, -0.05) is 30.3 Å². The molecule has 0 atom stereocenters. The molecule has 0 N–H and O–H groups in total. The summed E-state index contributed by atoms with van der Waals surface area (Å²) >= 11 is 0. The smallest absolute Gasteiger partial charge is 0.420 e. The van der Waals surface area contributed by atoms with Crippen LogP contribution in [0.4, 0.5) is 17.6 Å². The number of alkyl halides is 3. The second-order valence-electron chi connectivity index (χ2n) is 10.0. The van der Waals surface area contributed by atoms with Gasteiger partial charge in [-0.15, -0.1) is 0 Å². The van der Waals surface area contributed by atoms with Crippen molar-refractivity contribution in [2.24, 2.45) is 0 Å². The SMILES string of the molecule is CC(C)(C)OC(=O)c1c(COc2ccc(-c3ccc(C4CC4)c(F)c3)cc2)ccc(C(F)(F)F)c1OC=O. The molecule has 1 saturated carbocycles. The first-order valence-electron chi connectivity index (χ1n) is 12.0. The third-order valence-electron chi connectivity index (χ3n) is 5.92. The minimum atomic E-state index is -4.89. The van der Waals surface area contributed by atoms with E-state index < -0.39 is 34.6 Å². The van der Waals surface area contributed by atoms with Gasteiger partial charge >= 0.3 is 12.1 Å². The van der Waals surface area contributed by atoms with Gasteiger partial charge in [0.1, 0.15) is 29.3 Å². The maximum Gasteiger partial charge on any atom is 0.420 e. The molecule has 0 aliphatic heterocycles. The van der Waals surface area contributed by atoms with E-state index in [1.807, 2.05) is 6.07 Å². The molecule has 0 aromatic heterocycles. The largest absolute Gasteiger partial charge is 0.489 e. The summed E-state index contributed by atoms with van der Waals surface area (Å²) in [6, 6.07) is 13.7. The molecule has 0 unspecified atom stereocenters. The lowest BCUT2D eigenvalue weighted by Gasteiger charge is -2.23. The van der Waals surface area contributed by atoms with Crippen LogP contribution in [-0.4, -0.2) is 18.0 Å². The Morgan fingerprint density at radius 1 is 0.974 bits per heavy atom. The molecule has 3 aromatic carbocycles. The molecule has 0 saturated heterocycles. The lowest BCUT2D eigenvalue weighted by atomic mass is 10.0. The first kappa shape index (κ1) is 27.2. The molecule has 0 spiro atoms. The number of hydrogen-bond acceptors (Lipinski definition) is 5. The molecular weight excluding hydrogens is 504 g/mol. The van der Waals surface area contributed by atoms with Gasteiger partial charge in [0.15, 0.2) is 5.75 Å². The summed E-state index contributed by atoms with van der Waals surface area (Å²) in [5, 5.41) is 0. The van der Waals surface area contributed by atoms with Crippen LogP contribution >= 0.6 is 0 Å². The van der Waals surface area contributed by atoms with Crippen LogP contribution in [0.3, 0.4) is 0 Å². The van der Waals surface area contributed by atoms with Gasteiger partial charge in [0.2, 0.25) is 0 Å². The average Bonchev–Trinajstić information content (AvgIpc) is 3.66. The Kier molecular flexibility index (Phi) is 7.49. The van der Waals surface area contributed by atoms with Crippen molar-refractivity contribution in [1.82, 2.24) is 0 Å². The highest BCUT2D eigenvalue weighted by molar-refractivity contribution is 5.95. The number of ether oxygens (including phenoxy) is 3. The van der Waals surface area contributed by atoms with E-state index in [1.165, 1.54) is 6.07 Å². The Morgan fingerprint density at radius 3 is 2.18 bits per heavy atom. The third kappa shape index (κ3) is 6.33. The number of carbonyl (C=O) groups is 2. The summed E-state index contributed by atoms with van der Waals surface area (Å²) in [5.41, 5.74) is -0.653. The number of hydrogen-bond donors (Lipinski definition) is 0. The number of halogens is 4. The van der Waals surface area contributed by atoms with Gasteiger partial charge in [0, 0.05) is 5.56 Å². The molecule has 5 nitrogen and oxygen atoms in total. The predicted molar refractivity (Wildman–Crippen MR) is 131 cm³/mol. The van der Waals surface area contributed by atoms with Crippen LogP contribution in [0.5, 0.6) is 11.5 Å². The first-order chi connectivity index (χ1) is 17.9. The van der Waals surface area contributed by atoms with Crippen LogP contribution in [0.15, 0.2) is 54.6 Å². The molecule has 0 amide bonds. The molecule has 4 rings (SSSR count). The second-order valence-corrected chi connectivity index (χ2v) is 10.0. The quantitative estimate of drug-likeness (QED) is 0.172. The van der Waals surface area contributed by atoms with Crippen molar-refractivity contribution in [3.05, 3.63) is 82.7 Å². The van der Waals surface area contributed by atoms with Crippen molar-refractivity contribution in [2.75, 3.05) is 0 Å². The summed E-state index contributed by atoms with van der Waals surface area (Å²) in [5.74, 6) is -1.62. The van der Waals surface area contributed by atoms with Crippen LogP contribution in [0.2, 0.25) is 0 Å². The highest BCUT2D eigenvalue weighted by Crippen LogP contribution is 2.42. The Hall–Kier alpha value is -3.88. The normalized spacial score (nSPS) is 13.7. The van der Waals surface area contributed by atoms with Crippen LogP contribution in [0.1, 0.15) is 66.6 Å².